The first-order chi connectivity index (χ1) is 23.4. The monoisotopic (exact) mass is 699 g/mol. The van der Waals surface area contributed by atoms with Crippen LogP contribution in [0, 0.1) is 17.3 Å². The zero-order valence-corrected chi connectivity index (χ0v) is 31.7. The van der Waals surface area contributed by atoms with Crippen molar-refractivity contribution in [1.82, 2.24) is 20.9 Å². The van der Waals surface area contributed by atoms with E-state index >= 15 is 0 Å². The Kier molecular flexibility index (Phi) is 16.6. The molecule has 1 unspecified atom stereocenters. The number of unbranched alkanes of at least 4 members (excludes halogenated alkanes) is 2. The zero-order valence-electron chi connectivity index (χ0n) is 31.7. The molecule has 1 aliphatic heterocycles. The molecule has 0 saturated carbocycles. The summed E-state index contributed by atoms with van der Waals surface area (Å²) in [5.74, 6) is -1.96. The van der Waals surface area contributed by atoms with Gasteiger partial charge in [-0.2, -0.15) is 0 Å². The molecular formula is C38H61N5O7. The molecule has 2 rings (SSSR count). The van der Waals surface area contributed by atoms with Crippen molar-refractivity contribution in [3.63, 3.8) is 0 Å². The highest BCUT2D eigenvalue weighted by molar-refractivity contribution is 6.03. The van der Waals surface area contributed by atoms with Crippen LogP contribution in [0.1, 0.15) is 113 Å². The molecule has 3 atom stereocenters. The van der Waals surface area contributed by atoms with Crippen LogP contribution >= 0.6 is 0 Å². The summed E-state index contributed by atoms with van der Waals surface area (Å²) < 4.78 is 6.01. The quantitative estimate of drug-likeness (QED) is 0.108. The van der Waals surface area contributed by atoms with E-state index in [1.54, 1.807) is 27.7 Å². The molecular weight excluding hydrogens is 638 g/mol. The fourth-order valence-electron chi connectivity index (χ4n) is 5.51. The molecule has 1 aromatic rings. The van der Waals surface area contributed by atoms with Crippen molar-refractivity contribution in [3.8, 4) is 0 Å². The molecule has 12 nitrogen and oxygen atoms in total. The zero-order chi connectivity index (χ0) is 37.6. The predicted molar refractivity (Wildman–Crippen MR) is 194 cm³/mol. The number of aryl methyl sites for hydroxylation is 1. The number of carbonyl (C=O) groups excluding carboxylic acids is 6. The Morgan fingerprint density at radius 3 is 2.16 bits per heavy atom. The number of hydrogen-bond acceptors (Lipinski definition) is 7. The molecule has 1 heterocycles. The second-order valence-electron chi connectivity index (χ2n) is 15.1. The van der Waals surface area contributed by atoms with Gasteiger partial charge in [0.25, 0.3) is 5.91 Å². The Morgan fingerprint density at radius 2 is 1.58 bits per heavy atom. The fraction of sp³-hybridized carbons (Fsp3) is 0.684. The summed E-state index contributed by atoms with van der Waals surface area (Å²) in [6.45, 7) is 17.8. The number of nitrogens with one attached hydrogen (secondary N) is 4. The lowest BCUT2D eigenvalue weighted by molar-refractivity contribution is -0.146. The topological polar surface area (TPSA) is 163 Å². The minimum absolute atomic E-state index is 0.0303. The molecule has 12 heteroatoms. The Bertz CT molecular complexity index is 1330. The molecule has 4 N–H and O–H groups in total. The molecule has 1 saturated heterocycles. The van der Waals surface area contributed by atoms with E-state index in [2.05, 4.69) is 42.0 Å². The summed E-state index contributed by atoms with van der Waals surface area (Å²) in [6.07, 6.45) is 5.08. The molecule has 50 heavy (non-hydrogen) atoms. The van der Waals surface area contributed by atoms with Gasteiger partial charge in [0.15, 0.2) is 0 Å². The number of nitrogens with zero attached hydrogens (tertiary/aromatic N) is 1. The molecule has 1 aliphatic rings. The molecule has 280 valence electrons. The summed E-state index contributed by atoms with van der Waals surface area (Å²) in [4.78, 5) is 76.7. The van der Waals surface area contributed by atoms with Crippen LogP contribution in [0.15, 0.2) is 24.3 Å². The SMILES string of the molecule is CCc1ccc(NC(=O)[C@H](C)NC(=O)[C@@H](NC(=O)C(C)(C)OCCC(C)(C)CCNC(=O)CCCCCN2C(=O)CC(C)C2=O)C(C)C)cc1. The lowest BCUT2D eigenvalue weighted by Gasteiger charge is -2.31. The smallest absolute Gasteiger partial charge is 0.252 e. The van der Waals surface area contributed by atoms with Crippen molar-refractivity contribution in [1.29, 1.82) is 0 Å². The number of hydrogen-bond donors (Lipinski definition) is 4. The number of imide groups is 1. The predicted octanol–water partition coefficient (Wildman–Crippen LogP) is 4.51. The van der Waals surface area contributed by atoms with Gasteiger partial charge in [0.2, 0.25) is 29.5 Å². The molecule has 6 amide bonds. The second kappa shape index (κ2) is 19.6. The van der Waals surface area contributed by atoms with Gasteiger partial charge in [0.05, 0.1) is 0 Å². The van der Waals surface area contributed by atoms with Gasteiger partial charge >= 0.3 is 0 Å². The lowest BCUT2D eigenvalue weighted by atomic mass is 9.86. The molecule has 1 fully saturated rings. The number of amides is 6. The highest BCUT2D eigenvalue weighted by Gasteiger charge is 2.36. The van der Waals surface area contributed by atoms with E-state index in [9.17, 15) is 28.8 Å². The standard InChI is InChI=1S/C38H61N5O7/c1-10-28-15-17-29(18-16-28)41-33(46)27(5)40-34(47)32(25(2)3)42-36(49)38(8,9)50-23-20-37(6,7)19-21-39-30(44)14-12-11-13-22-43-31(45)24-26(4)35(43)48/h15-18,25-27,32H,10-14,19-24H2,1-9H3,(H,39,44)(H,40,47)(H,41,46)(H,42,49)/t26?,27-,32-/m0/s1. The Morgan fingerprint density at radius 1 is 0.920 bits per heavy atom. The maximum atomic E-state index is 13.3. The molecule has 0 aromatic heterocycles. The van der Waals surface area contributed by atoms with Crippen molar-refractivity contribution in [2.75, 3.05) is 25.0 Å². The summed E-state index contributed by atoms with van der Waals surface area (Å²) in [5.41, 5.74) is 0.417. The fourth-order valence-corrected chi connectivity index (χ4v) is 5.51. The molecule has 0 bridgehead atoms. The third-order valence-corrected chi connectivity index (χ3v) is 9.29. The van der Waals surface area contributed by atoms with Crippen LogP contribution in [0.5, 0.6) is 0 Å². The second-order valence-corrected chi connectivity index (χ2v) is 15.1. The number of likely N-dealkylation sites (tertiary alicyclic amines) is 1. The van der Waals surface area contributed by atoms with Crippen molar-refractivity contribution < 1.29 is 33.5 Å². The van der Waals surface area contributed by atoms with E-state index in [-0.39, 0.29) is 47.3 Å². The van der Waals surface area contributed by atoms with Crippen molar-refractivity contribution in [2.24, 2.45) is 17.3 Å². The van der Waals surface area contributed by atoms with E-state index in [1.807, 2.05) is 38.1 Å². The Labute approximate surface area is 298 Å². The molecule has 1 aromatic carbocycles. The maximum Gasteiger partial charge on any atom is 0.252 e. The molecule has 0 radical (unpaired) electrons. The highest BCUT2D eigenvalue weighted by atomic mass is 16.5. The van der Waals surface area contributed by atoms with E-state index in [4.69, 9.17) is 4.74 Å². The van der Waals surface area contributed by atoms with Gasteiger partial charge in [-0.3, -0.25) is 33.7 Å². The summed E-state index contributed by atoms with van der Waals surface area (Å²) >= 11 is 0. The first kappa shape index (κ1) is 42.4. The largest absolute Gasteiger partial charge is 0.366 e. The van der Waals surface area contributed by atoms with Crippen LogP contribution in [0.3, 0.4) is 0 Å². The third kappa shape index (κ3) is 13.8. The van der Waals surface area contributed by atoms with E-state index in [1.165, 1.54) is 4.90 Å². The lowest BCUT2D eigenvalue weighted by Crippen LogP contribution is -2.57. The number of carbonyl (C=O) groups is 6. The van der Waals surface area contributed by atoms with E-state index in [0.717, 1.165) is 24.8 Å². The van der Waals surface area contributed by atoms with Gasteiger partial charge in [0.1, 0.15) is 17.7 Å². The Balaban J connectivity index is 1.71. The average Bonchev–Trinajstić information content (AvgIpc) is 3.28. The van der Waals surface area contributed by atoms with Gasteiger partial charge in [-0.15, -0.1) is 0 Å². The first-order valence-corrected chi connectivity index (χ1v) is 18.1. The summed E-state index contributed by atoms with van der Waals surface area (Å²) in [6, 6.07) is 5.83. The van der Waals surface area contributed by atoms with Gasteiger partial charge in [-0.25, -0.2) is 0 Å². The molecule has 0 spiro atoms. The number of anilines is 1. The maximum absolute atomic E-state index is 13.3. The number of ether oxygens (including phenoxy) is 1. The number of rotatable bonds is 21. The first-order valence-electron chi connectivity index (χ1n) is 18.1. The summed E-state index contributed by atoms with van der Waals surface area (Å²) in [7, 11) is 0. The van der Waals surface area contributed by atoms with Gasteiger partial charge in [0, 0.05) is 44.1 Å². The van der Waals surface area contributed by atoms with E-state index in [0.29, 0.717) is 51.1 Å². The van der Waals surface area contributed by atoms with Crippen LogP contribution in [0.4, 0.5) is 5.69 Å². The average molecular weight is 700 g/mol. The van der Waals surface area contributed by atoms with Crippen LogP contribution in [0.2, 0.25) is 0 Å². The van der Waals surface area contributed by atoms with Gasteiger partial charge in [-0.05, 0) is 81.9 Å². The van der Waals surface area contributed by atoms with Gasteiger partial charge in [-0.1, -0.05) is 60.1 Å². The summed E-state index contributed by atoms with van der Waals surface area (Å²) in [5, 5.41) is 11.3. The van der Waals surface area contributed by atoms with Crippen molar-refractivity contribution in [3.05, 3.63) is 29.8 Å². The third-order valence-electron chi connectivity index (χ3n) is 9.29. The highest BCUT2D eigenvalue weighted by Crippen LogP contribution is 2.26. The molecule has 0 aliphatic carbocycles. The van der Waals surface area contributed by atoms with Gasteiger partial charge < -0.3 is 26.0 Å². The van der Waals surface area contributed by atoms with Crippen LogP contribution in [-0.2, 0) is 39.9 Å². The van der Waals surface area contributed by atoms with Crippen molar-refractivity contribution in [2.45, 2.75) is 131 Å². The van der Waals surface area contributed by atoms with Crippen molar-refractivity contribution >= 4 is 41.1 Å². The van der Waals surface area contributed by atoms with E-state index < -0.39 is 29.5 Å². The van der Waals surface area contributed by atoms with Crippen LogP contribution in [0.25, 0.3) is 0 Å². The minimum Gasteiger partial charge on any atom is -0.366 e. The Hall–Kier alpha value is -3.80. The van der Waals surface area contributed by atoms with Crippen LogP contribution < -0.4 is 21.3 Å². The van der Waals surface area contributed by atoms with Crippen LogP contribution in [-0.4, -0.2) is 77.7 Å². The number of benzene rings is 1. The minimum atomic E-state index is -1.21. The normalized spacial score (nSPS) is 16.3.